The smallest absolute Gasteiger partial charge is 0.224 e. The second-order valence-corrected chi connectivity index (χ2v) is 5.69. The molecule has 0 atom stereocenters. The van der Waals surface area contributed by atoms with Gasteiger partial charge in [-0.1, -0.05) is 20.8 Å². The molecule has 1 aromatic heterocycles. The van der Waals surface area contributed by atoms with Crippen molar-refractivity contribution in [3.63, 3.8) is 0 Å². The lowest BCUT2D eigenvalue weighted by molar-refractivity contribution is 0.411. The minimum atomic E-state index is -0.148. The summed E-state index contributed by atoms with van der Waals surface area (Å²) in [6, 6.07) is 9.16. The van der Waals surface area contributed by atoms with Gasteiger partial charge in [-0.3, -0.25) is 0 Å². The molecule has 0 unspecified atom stereocenters. The topological polar surface area (TPSA) is 56.3 Å². The first-order chi connectivity index (χ1) is 9.92. The van der Waals surface area contributed by atoms with Crippen LogP contribution in [0, 0.1) is 0 Å². The second kappa shape index (κ2) is 5.99. The molecule has 112 valence electrons. The molecular weight excluding hydrogens is 266 g/mol. The summed E-state index contributed by atoms with van der Waals surface area (Å²) in [4.78, 5) is 8.96. The molecule has 0 amide bonds. The quantitative estimate of drug-likeness (QED) is 0.930. The highest BCUT2D eigenvalue weighted by molar-refractivity contribution is 5.41. The maximum absolute atomic E-state index is 5.81. The first-order valence-corrected chi connectivity index (χ1v) is 6.81. The van der Waals surface area contributed by atoms with Crippen molar-refractivity contribution in [1.82, 2.24) is 9.97 Å². The number of rotatable bonds is 4. The molecular formula is C16H21N3O2. The predicted molar refractivity (Wildman–Crippen MR) is 83.3 cm³/mol. The Kier molecular flexibility index (Phi) is 4.31. The number of hydrogen-bond donors (Lipinski definition) is 1. The number of benzene rings is 1. The largest absolute Gasteiger partial charge is 0.497 e. The van der Waals surface area contributed by atoms with E-state index in [0.29, 0.717) is 11.6 Å². The van der Waals surface area contributed by atoms with Crippen molar-refractivity contribution >= 4 is 5.82 Å². The van der Waals surface area contributed by atoms with Crippen molar-refractivity contribution in [2.75, 3.05) is 19.5 Å². The van der Waals surface area contributed by atoms with E-state index in [9.17, 15) is 0 Å². The van der Waals surface area contributed by atoms with Gasteiger partial charge in [0.2, 0.25) is 5.88 Å². The van der Waals surface area contributed by atoms with Gasteiger partial charge in [0.25, 0.3) is 0 Å². The van der Waals surface area contributed by atoms with Crippen LogP contribution < -0.4 is 14.8 Å². The minimum absolute atomic E-state index is 0.148. The Morgan fingerprint density at radius 1 is 1.00 bits per heavy atom. The molecule has 0 aliphatic carbocycles. The minimum Gasteiger partial charge on any atom is -0.497 e. The number of methoxy groups -OCH3 is 1. The third kappa shape index (κ3) is 3.84. The van der Waals surface area contributed by atoms with Crippen LogP contribution >= 0.6 is 0 Å². The van der Waals surface area contributed by atoms with Gasteiger partial charge in [0, 0.05) is 18.5 Å². The molecule has 0 aliphatic rings. The highest BCUT2D eigenvalue weighted by Gasteiger charge is 2.19. The van der Waals surface area contributed by atoms with Gasteiger partial charge in [-0.2, -0.15) is 4.98 Å². The summed E-state index contributed by atoms with van der Waals surface area (Å²) in [5, 5.41) is 3.03. The zero-order chi connectivity index (χ0) is 15.5. The number of anilines is 1. The van der Waals surface area contributed by atoms with E-state index in [1.54, 1.807) is 13.2 Å². The molecule has 0 spiro atoms. The van der Waals surface area contributed by atoms with Crippen LogP contribution in [-0.2, 0) is 5.41 Å². The van der Waals surface area contributed by atoms with Gasteiger partial charge >= 0.3 is 0 Å². The molecule has 1 aromatic carbocycles. The van der Waals surface area contributed by atoms with E-state index in [1.807, 2.05) is 31.3 Å². The zero-order valence-corrected chi connectivity index (χ0v) is 13.1. The molecule has 0 saturated carbocycles. The third-order valence-corrected chi connectivity index (χ3v) is 2.91. The van der Waals surface area contributed by atoms with Gasteiger partial charge in [0.1, 0.15) is 23.1 Å². The van der Waals surface area contributed by atoms with Crippen LogP contribution in [0.5, 0.6) is 17.4 Å². The lowest BCUT2D eigenvalue weighted by Gasteiger charge is -2.18. The Labute approximate surface area is 125 Å². The van der Waals surface area contributed by atoms with Crippen LogP contribution in [0.15, 0.2) is 30.3 Å². The molecule has 1 N–H and O–H groups in total. The molecule has 0 fully saturated rings. The Morgan fingerprint density at radius 2 is 1.62 bits per heavy atom. The molecule has 2 aromatic rings. The van der Waals surface area contributed by atoms with Gasteiger partial charge < -0.3 is 14.8 Å². The van der Waals surface area contributed by atoms with E-state index < -0.39 is 0 Å². The van der Waals surface area contributed by atoms with Gasteiger partial charge in [0.05, 0.1) is 7.11 Å². The van der Waals surface area contributed by atoms with Crippen molar-refractivity contribution in [2.24, 2.45) is 0 Å². The van der Waals surface area contributed by atoms with E-state index in [-0.39, 0.29) is 5.41 Å². The average Bonchev–Trinajstić information content (AvgIpc) is 2.46. The number of nitrogens with one attached hydrogen (secondary N) is 1. The number of ether oxygens (including phenoxy) is 2. The molecule has 0 bridgehead atoms. The summed E-state index contributed by atoms with van der Waals surface area (Å²) < 4.78 is 10.9. The van der Waals surface area contributed by atoms with E-state index >= 15 is 0 Å². The lowest BCUT2D eigenvalue weighted by atomic mass is 9.96. The van der Waals surface area contributed by atoms with Gasteiger partial charge in [-0.15, -0.1) is 0 Å². The summed E-state index contributed by atoms with van der Waals surface area (Å²) in [6.45, 7) is 6.21. The van der Waals surface area contributed by atoms with Crippen LogP contribution in [0.3, 0.4) is 0 Å². The summed E-state index contributed by atoms with van der Waals surface area (Å²) >= 11 is 0. The van der Waals surface area contributed by atoms with Crippen molar-refractivity contribution < 1.29 is 9.47 Å². The van der Waals surface area contributed by atoms with E-state index in [2.05, 4.69) is 36.1 Å². The molecule has 0 aliphatic heterocycles. The maximum atomic E-state index is 5.81. The first-order valence-electron chi connectivity index (χ1n) is 6.81. The van der Waals surface area contributed by atoms with E-state index in [0.717, 1.165) is 17.4 Å². The number of hydrogen-bond acceptors (Lipinski definition) is 5. The standard InChI is InChI=1S/C16H21N3O2/c1-16(2,3)15-18-13(17-4)10-14(19-15)21-12-8-6-11(20-5)7-9-12/h6-10H,1-5H3,(H,17,18,19). The van der Waals surface area contributed by atoms with E-state index in [4.69, 9.17) is 9.47 Å². The van der Waals surface area contributed by atoms with Crippen LogP contribution in [0.25, 0.3) is 0 Å². The average molecular weight is 287 g/mol. The van der Waals surface area contributed by atoms with Crippen molar-refractivity contribution in [3.8, 4) is 17.4 Å². The Balaban J connectivity index is 2.29. The lowest BCUT2D eigenvalue weighted by Crippen LogP contribution is -2.17. The molecule has 0 radical (unpaired) electrons. The monoisotopic (exact) mass is 287 g/mol. The van der Waals surface area contributed by atoms with Crippen LogP contribution in [0.2, 0.25) is 0 Å². The van der Waals surface area contributed by atoms with Crippen molar-refractivity contribution in [1.29, 1.82) is 0 Å². The predicted octanol–water partition coefficient (Wildman–Crippen LogP) is 3.62. The SMILES string of the molecule is CNc1cc(Oc2ccc(OC)cc2)nc(C(C)(C)C)n1. The van der Waals surface area contributed by atoms with Crippen molar-refractivity contribution in [3.05, 3.63) is 36.2 Å². The molecule has 5 heteroatoms. The molecule has 21 heavy (non-hydrogen) atoms. The molecule has 5 nitrogen and oxygen atoms in total. The van der Waals surface area contributed by atoms with E-state index in [1.165, 1.54) is 0 Å². The summed E-state index contributed by atoms with van der Waals surface area (Å²) in [7, 11) is 3.46. The normalized spacial score (nSPS) is 11.1. The Hall–Kier alpha value is -2.30. The van der Waals surface area contributed by atoms with Crippen LogP contribution in [0.4, 0.5) is 5.82 Å². The number of aromatic nitrogens is 2. The highest BCUT2D eigenvalue weighted by atomic mass is 16.5. The summed E-state index contributed by atoms with van der Waals surface area (Å²) in [6.07, 6.45) is 0. The first kappa shape index (κ1) is 15.1. The van der Waals surface area contributed by atoms with Gasteiger partial charge in [-0.25, -0.2) is 4.98 Å². The summed E-state index contributed by atoms with van der Waals surface area (Å²) in [5.74, 6) is 3.48. The van der Waals surface area contributed by atoms with Crippen LogP contribution in [0.1, 0.15) is 26.6 Å². The second-order valence-electron chi connectivity index (χ2n) is 5.69. The fourth-order valence-electron chi connectivity index (χ4n) is 1.71. The molecule has 1 heterocycles. The Morgan fingerprint density at radius 3 is 2.14 bits per heavy atom. The Bertz CT molecular complexity index is 604. The third-order valence-electron chi connectivity index (χ3n) is 2.91. The van der Waals surface area contributed by atoms with Crippen molar-refractivity contribution in [2.45, 2.75) is 26.2 Å². The zero-order valence-electron chi connectivity index (χ0n) is 13.1. The molecule has 0 saturated heterocycles. The maximum Gasteiger partial charge on any atom is 0.224 e. The van der Waals surface area contributed by atoms with Gasteiger partial charge in [0.15, 0.2) is 0 Å². The fraction of sp³-hybridized carbons (Fsp3) is 0.375. The fourth-order valence-corrected chi connectivity index (χ4v) is 1.71. The summed E-state index contributed by atoms with van der Waals surface area (Å²) in [5.41, 5.74) is -0.148. The number of nitrogens with zero attached hydrogens (tertiary/aromatic N) is 2. The van der Waals surface area contributed by atoms with Gasteiger partial charge in [-0.05, 0) is 24.3 Å². The van der Waals surface area contributed by atoms with Crippen LogP contribution in [-0.4, -0.2) is 24.1 Å². The molecule has 2 rings (SSSR count). The highest BCUT2D eigenvalue weighted by Crippen LogP contribution is 2.27.